The molecule has 0 unspecified atom stereocenters. The zero-order valence-electron chi connectivity index (χ0n) is 10.0. The Morgan fingerprint density at radius 2 is 1.89 bits per heavy atom. The van der Waals surface area contributed by atoms with E-state index < -0.39 is 5.91 Å². The van der Waals surface area contributed by atoms with Crippen LogP contribution in [0.15, 0.2) is 24.3 Å². The van der Waals surface area contributed by atoms with Gasteiger partial charge in [-0.1, -0.05) is 12.1 Å². The van der Waals surface area contributed by atoms with Gasteiger partial charge in [0.25, 0.3) is 5.91 Å². The molecule has 0 bridgehead atoms. The Balaban J connectivity index is 2.26. The van der Waals surface area contributed by atoms with Crippen molar-refractivity contribution in [2.45, 2.75) is 13.0 Å². The predicted molar refractivity (Wildman–Crippen MR) is 66.6 cm³/mol. The molecule has 6 heteroatoms. The van der Waals surface area contributed by atoms with E-state index in [0.29, 0.717) is 12.3 Å². The van der Waals surface area contributed by atoms with Gasteiger partial charge >= 0.3 is 0 Å². The third-order valence-corrected chi connectivity index (χ3v) is 2.22. The highest BCUT2D eigenvalue weighted by molar-refractivity contribution is 5.79. The SMILES string of the molecule is NCc1ccc(OCC(=O)NCCC(N)=O)cc1. The molecule has 0 saturated heterocycles. The highest BCUT2D eigenvalue weighted by atomic mass is 16.5. The Morgan fingerprint density at radius 1 is 1.22 bits per heavy atom. The Bertz CT molecular complexity index is 404. The number of carbonyl (C=O) groups excluding carboxylic acids is 2. The maximum Gasteiger partial charge on any atom is 0.257 e. The normalized spacial score (nSPS) is 9.83. The molecule has 0 atom stereocenters. The Labute approximate surface area is 105 Å². The lowest BCUT2D eigenvalue weighted by molar-refractivity contribution is -0.123. The minimum atomic E-state index is -0.450. The fourth-order valence-electron chi connectivity index (χ4n) is 1.25. The average molecular weight is 251 g/mol. The molecule has 2 amide bonds. The highest BCUT2D eigenvalue weighted by Crippen LogP contribution is 2.11. The zero-order valence-corrected chi connectivity index (χ0v) is 10.0. The van der Waals surface area contributed by atoms with Crippen LogP contribution in [0.3, 0.4) is 0 Å². The summed E-state index contributed by atoms with van der Waals surface area (Å²) in [7, 11) is 0. The lowest BCUT2D eigenvalue weighted by Gasteiger charge is -2.07. The Morgan fingerprint density at radius 3 is 2.44 bits per heavy atom. The van der Waals surface area contributed by atoms with Crippen LogP contribution in [0, 0.1) is 0 Å². The molecule has 5 N–H and O–H groups in total. The van der Waals surface area contributed by atoms with Crippen molar-refractivity contribution in [1.29, 1.82) is 0 Å². The van der Waals surface area contributed by atoms with E-state index in [2.05, 4.69) is 5.32 Å². The maximum atomic E-state index is 11.3. The van der Waals surface area contributed by atoms with Gasteiger partial charge in [-0.25, -0.2) is 0 Å². The van der Waals surface area contributed by atoms with E-state index in [0.717, 1.165) is 5.56 Å². The zero-order chi connectivity index (χ0) is 13.4. The lowest BCUT2D eigenvalue weighted by Crippen LogP contribution is -2.31. The number of primary amides is 1. The maximum absolute atomic E-state index is 11.3. The molecule has 1 aromatic carbocycles. The van der Waals surface area contributed by atoms with Gasteiger partial charge in [-0.05, 0) is 17.7 Å². The van der Waals surface area contributed by atoms with Crippen LogP contribution in [-0.4, -0.2) is 25.0 Å². The Hall–Kier alpha value is -2.08. The van der Waals surface area contributed by atoms with Gasteiger partial charge in [-0.2, -0.15) is 0 Å². The van der Waals surface area contributed by atoms with E-state index in [1.54, 1.807) is 12.1 Å². The van der Waals surface area contributed by atoms with Gasteiger partial charge in [-0.3, -0.25) is 9.59 Å². The average Bonchev–Trinajstić information content (AvgIpc) is 2.36. The van der Waals surface area contributed by atoms with E-state index in [1.807, 2.05) is 12.1 Å². The third kappa shape index (κ3) is 5.31. The van der Waals surface area contributed by atoms with Crippen LogP contribution in [0.2, 0.25) is 0 Å². The van der Waals surface area contributed by atoms with Crippen molar-refractivity contribution in [1.82, 2.24) is 5.32 Å². The van der Waals surface area contributed by atoms with Crippen molar-refractivity contribution in [3.63, 3.8) is 0 Å². The summed E-state index contributed by atoms with van der Waals surface area (Å²) in [6, 6.07) is 7.17. The summed E-state index contributed by atoms with van der Waals surface area (Å²) in [5, 5.41) is 2.52. The second-order valence-corrected chi connectivity index (χ2v) is 3.70. The molecule has 0 aliphatic rings. The van der Waals surface area contributed by atoms with Crippen LogP contribution in [0.1, 0.15) is 12.0 Å². The summed E-state index contributed by atoms with van der Waals surface area (Å²) in [6.45, 7) is 0.595. The molecule has 18 heavy (non-hydrogen) atoms. The summed E-state index contributed by atoms with van der Waals surface area (Å²) in [5.74, 6) is -0.148. The predicted octanol–water partition coefficient (Wildman–Crippen LogP) is -0.484. The van der Waals surface area contributed by atoms with Crippen LogP contribution in [0.4, 0.5) is 0 Å². The molecule has 0 heterocycles. The molecule has 0 aliphatic heterocycles. The van der Waals surface area contributed by atoms with E-state index in [4.69, 9.17) is 16.2 Å². The molecule has 0 saturated carbocycles. The van der Waals surface area contributed by atoms with Gasteiger partial charge < -0.3 is 21.5 Å². The summed E-state index contributed by atoms with van der Waals surface area (Å²) in [5.41, 5.74) is 11.4. The molecule has 1 aromatic rings. The molecular formula is C12H17N3O3. The van der Waals surface area contributed by atoms with Crippen molar-refractivity contribution >= 4 is 11.8 Å². The number of amides is 2. The van der Waals surface area contributed by atoms with Crippen LogP contribution in [-0.2, 0) is 16.1 Å². The molecule has 0 aromatic heterocycles. The molecular weight excluding hydrogens is 234 g/mol. The van der Waals surface area contributed by atoms with Crippen LogP contribution in [0.25, 0.3) is 0 Å². The first-order valence-corrected chi connectivity index (χ1v) is 5.58. The van der Waals surface area contributed by atoms with Crippen molar-refractivity contribution in [3.8, 4) is 5.75 Å². The highest BCUT2D eigenvalue weighted by Gasteiger charge is 2.03. The number of ether oxygens (including phenoxy) is 1. The molecule has 0 spiro atoms. The fraction of sp³-hybridized carbons (Fsp3) is 0.333. The van der Waals surface area contributed by atoms with Crippen molar-refractivity contribution in [2.24, 2.45) is 11.5 Å². The van der Waals surface area contributed by atoms with Crippen molar-refractivity contribution in [2.75, 3.05) is 13.2 Å². The van der Waals surface area contributed by atoms with Gasteiger partial charge in [0.15, 0.2) is 6.61 Å². The van der Waals surface area contributed by atoms with E-state index in [1.165, 1.54) is 0 Å². The topological polar surface area (TPSA) is 107 Å². The summed E-state index contributed by atoms with van der Waals surface area (Å²) < 4.78 is 5.26. The van der Waals surface area contributed by atoms with Gasteiger partial charge in [0, 0.05) is 19.5 Å². The number of rotatable bonds is 7. The number of hydrogen-bond acceptors (Lipinski definition) is 4. The number of carbonyl (C=O) groups is 2. The van der Waals surface area contributed by atoms with E-state index in [9.17, 15) is 9.59 Å². The van der Waals surface area contributed by atoms with Crippen molar-refractivity contribution < 1.29 is 14.3 Å². The molecule has 6 nitrogen and oxygen atoms in total. The van der Waals surface area contributed by atoms with Gasteiger partial charge in [0.2, 0.25) is 5.91 Å². The van der Waals surface area contributed by atoms with Crippen LogP contribution >= 0.6 is 0 Å². The van der Waals surface area contributed by atoms with Crippen LogP contribution < -0.4 is 21.5 Å². The number of nitrogens with two attached hydrogens (primary N) is 2. The number of nitrogens with one attached hydrogen (secondary N) is 1. The van der Waals surface area contributed by atoms with Gasteiger partial charge in [0.1, 0.15) is 5.75 Å². The molecule has 98 valence electrons. The third-order valence-electron chi connectivity index (χ3n) is 2.22. The number of hydrogen-bond donors (Lipinski definition) is 3. The lowest BCUT2D eigenvalue weighted by atomic mass is 10.2. The summed E-state index contributed by atoms with van der Waals surface area (Å²) >= 11 is 0. The largest absolute Gasteiger partial charge is 0.484 e. The standard InChI is InChI=1S/C12H17N3O3/c13-7-9-1-3-10(4-2-9)18-8-12(17)15-6-5-11(14)16/h1-4H,5-8,13H2,(H2,14,16)(H,15,17). The molecule has 1 rings (SSSR count). The van der Waals surface area contributed by atoms with Gasteiger partial charge in [-0.15, -0.1) is 0 Å². The minimum absolute atomic E-state index is 0.0965. The summed E-state index contributed by atoms with van der Waals surface area (Å²) in [4.78, 5) is 21.8. The molecule has 0 fully saturated rings. The number of benzene rings is 1. The monoisotopic (exact) mass is 251 g/mol. The first-order chi connectivity index (χ1) is 8.61. The second-order valence-electron chi connectivity index (χ2n) is 3.70. The summed E-state index contributed by atoms with van der Waals surface area (Å²) in [6.07, 6.45) is 0.122. The van der Waals surface area contributed by atoms with Crippen LogP contribution in [0.5, 0.6) is 5.75 Å². The second kappa shape index (κ2) is 7.29. The quantitative estimate of drug-likeness (QED) is 0.608. The first-order valence-electron chi connectivity index (χ1n) is 5.58. The van der Waals surface area contributed by atoms with Gasteiger partial charge in [0.05, 0.1) is 0 Å². The first kappa shape index (κ1) is 14.0. The fourth-order valence-corrected chi connectivity index (χ4v) is 1.25. The molecule has 0 radical (unpaired) electrons. The van der Waals surface area contributed by atoms with E-state index >= 15 is 0 Å². The van der Waals surface area contributed by atoms with E-state index in [-0.39, 0.29) is 25.5 Å². The minimum Gasteiger partial charge on any atom is -0.484 e. The van der Waals surface area contributed by atoms with Crippen molar-refractivity contribution in [3.05, 3.63) is 29.8 Å². The Kier molecular flexibility index (Phi) is 5.66. The molecule has 0 aliphatic carbocycles. The smallest absolute Gasteiger partial charge is 0.257 e.